The summed E-state index contributed by atoms with van der Waals surface area (Å²) in [6.07, 6.45) is 0.568. The van der Waals surface area contributed by atoms with E-state index >= 15 is 0 Å². The first-order valence-electron chi connectivity index (χ1n) is 10.6. The molecular weight excluding hydrogens is 424 g/mol. The molecule has 33 heavy (non-hydrogen) atoms. The van der Waals surface area contributed by atoms with Crippen molar-refractivity contribution in [2.75, 3.05) is 6.54 Å². The molecule has 3 aromatic carbocycles. The molecule has 0 spiro atoms. The zero-order valence-corrected chi connectivity index (χ0v) is 17.3. The zero-order chi connectivity index (χ0) is 22.9. The number of aromatic nitrogens is 2. The maximum absolute atomic E-state index is 13.4. The topological polar surface area (TPSA) is 111 Å². The number of nitro benzene ring substituents is 1. The molecule has 2 bridgehead atoms. The summed E-state index contributed by atoms with van der Waals surface area (Å²) >= 11 is 0. The van der Waals surface area contributed by atoms with Gasteiger partial charge in [0.05, 0.1) is 28.1 Å². The van der Waals surface area contributed by atoms with Gasteiger partial charge in [0.1, 0.15) is 5.69 Å². The molecule has 2 atom stereocenters. The van der Waals surface area contributed by atoms with E-state index in [4.69, 9.17) is 0 Å². The second-order valence-electron chi connectivity index (χ2n) is 8.33. The van der Waals surface area contributed by atoms with E-state index in [0.717, 1.165) is 0 Å². The van der Waals surface area contributed by atoms with E-state index in [1.807, 2.05) is 6.07 Å². The Balaban J connectivity index is 1.50. The van der Waals surface area contributed by atoms with E-state index < -0.39 is 16.7 Å². The number of rotatable bonds is 3. The van der Waals surface area contributed by atoms with Crippen LogP contribution in [0.25, 0.3) is 16.5 Å². The number of benzene rings is 3. The van der Waals surface area contributed by atoms with Crippen LogP contribution in [0.3, 0.4) is 0 Å². The Bertz CT molecular complexity index is 1520. The summed E-state index contributed by atoms with van der Waals surface area (Å²) in [7, 11) is 0. The number of nitro groups is 1. The lowest BCUT2D eigenvalue weighted by atomic mass is 10.1. The van der Waals surface area contributed by atoms with Crippen molar-refractivity contribution in [3.8, 4) is 11.6 Å². The standard InChI is InChI=1S/C24H18N4O5/c29-22(14-6-2-1-3-7-14)25-13-15-12-20(25)21-23(30)27(24(31)26(15)21)18-10-11-19(28(32)33)17-9-5-4-8-16(17)18/h1-11,15,20,30H,12-13H2/t15-,20-/m0/s1. The zero-order valence-electron chi connectivity index (χ0n) is 17.3. The number of fused-ring (bicyclic) bond motifs is 6. The van der Waals surface area contributed by atoms with Gasteiger partial charge in [-0.25, -0.2) is 9.36 Å². The highest BCUT2D eigenvalue weighted by Gasteiger charge is 2.49. The SMILES string of the molecule is O=C(c1ccccc1)N1C[C@@H]2C[C@H]1c1c(O)n(-c3ccc([N+](=O)[O-])c4ccccc34)c(=O)n12. The lowest BCUT2D eigenvalue weighted by Crippen LogP contribution is -2.37. The molecule has 1 fully saturated rings. The number of carbonyl (C=O) groups excluding carboxylic acids is 1. The van der Waals surface area contributed by atoms with Crippen LogP contribution in [0.15, 0.2) is 71.5 Å². The Morgan fingerprint density at radius 1 is 1.00 bits per heavy atom. The summed E-state index contributed by atoms with van der Waals surface area (Å²) in [6, 6.07) is 17.8. The van der Waals surface area contributed by atoms with Crippen molar-refractivity contribution in [1.82, 2.24) is 14.0 Å². The molecule has 1 amide bonds. The molecule has 1 saturated heterocycles. The number of carbonyl (C=O) groups is 1. The molecule has 0 aliphatic carbocycles. The monoisotopic (exact) mass is 442 g/mol. The molecule has 4 aromatic rings. The van der Waals surface area contributed by atoms with Crippen molar-refractivity contribution >= 4 is 22.4 Å². The summed E-state index contributed by atoms with van der Waals surface area (Å²) in [5, 5.41) is 23.5. The number of hydrogen-bond donors (Lipinski definition) is 1. The number of aromatic hydroxyl groups is 1. The summed E-state index contributed by atoms with van der Waals surface area (Å²) in [4.78, 5) is 39.2. The number of likely N-dealkylation sites (tertiary alicyclic amines) is 1. The van der Waals surface area contributed by atoms with Crippen LogP contribution in [-0.2, 0) is 0 Å². The Morgan fingerprint density at radius 3 is 2.42 bits per heavy atom. The molecule has 0 saturated carbocycles. The van der Waals surface area contributed by atoms with Crippen molar-refractivity contribution in [3.05, 3.63) is 98.6 Å². The number of nitrogens with zero attached hydrogens (tertiary/aromatic N) is 4. The largest absolute Gasteiger partial charge is 0.493 e. The lowest BCUT2D eigenvalue weighted by Gasteiger charge is -2.27. The van der Waals surface area contributed by atoms with Crippen molar-refractivity contribution in [3.63, 3.8) is 0 Å². The van der Waals surface area contributed by atoms with Crippen LogP contribution >= 0.6 is 0 Å². The van der Waals surface area contributed by atoms with Gasteiger partial charge in [0.2, 0.25) is 5.88 Å². The molecule has 6 rings (SSSR count). The maximum atomic E-state index is 13.4. The van der Waals surface area contributed by atoms with Gasteiger partial charge in [-0.2, -0.15) is 0 Å². The number of amides is 1. The van der Waals surface area contributed by atoms with Crippen LogP contribution in [0.1, 0.15) is 34.6 Å². The molecule has 2 aliphatic rings. The van der Waals surface area contributed by atoms with E-state index in [9.17, 15) is 24.8 Å². The quantitative estimate of drug-likeness (QED) is 0.385. The smallest absolute Gasteiger partial charge is 0.336 e. The van der Waals surface area contributed by atoms with Crippen LogP contribution in [0.2, 0.25) is 0 Å². The predicted molar refractivity (Wildman–Crippen MR) is 120 cm³/mol. The minimum absolute atomic E-state index is 0.0756. The Hall–Kier alpha value is -4.40. The fraction of sp³-hybridized carbons (Fsp3) is 0.167. The molecule has 3 heterocycles. The molecule has 0 radical (unpaired) electrons. The van der Waals surface area contributed by atoms with Gasteiger partial charge in [0.25, 0.3) is 11.6 Å². The highest BCUT2D eigenvalue weighted by Crippen LogP contribution is 2.49. The highest BCUT2D eigenvalue weighted by molar-refractivity contribution is 5.97. The number of imidazole rings is 1. The summed E-state index contributed by atoms with van der Waals surface area (Å²) in [5.41, 5.74) is 0.831. The molecule has 0 unspecified atom stereocenters. The Morgan fingerprint density at radius 2 is 1.70 bits per heavy atom. The van der Waals surface area contributed by atoms with Crippen LogP contribution in [0.4, 0.5) is 5.69 Å². The van der Waals surface area contributed by atoms with Gasteiger partial charge in [-0.15, -0.1) is 0 Å². The fourth-order valence-electron chi connectivity index (χ4n) is 5.26. The van der Waals surface area contributed by atoms with Crippen LogP contribution < -0.4 is 5.69 Å². The number of non-ortho nitro benzene ring substituents is 1. The van der Waals surface area contributed by atoms with E-state index in [1.54, 1.807) is 58.0 Å². The van der Waals surface area contributed by atoms with Gasteiger partial charge in [-0.05, 0) is 30.7 Å². The Kier molecular flexibility index (Phi) is 3.97. The Labute approximate surface area is 186 Å². The van der Waals surface area contributed by atoms with Crippen molar-refractivity contribution in [2.24, 2.45) is 0 Å². The third-order valence-electron chi connectivity index (χ3n) is 6.65. The summed E-state index contributed by atoms with van der Waals surface area (Å²) in [5.74, 6) is -0.383. The van der Waals surface area contributed by atoms with E-state index in [1.165, 1.54) is 16.7 Å². The van der Waals surface area contributed by atoms with Crippen molar-refractivity contribution in [1.29, 1.82) is 0 Å². The second kappa shape index (κ2) is 6.80. The van der Waals surface area contributed by atoms with Crippen LogP contribution in [0.5, 0.6) is 5.88 Å². The molecule has 1 N–H and O–H groups in total. The summed E-state index contributed by atoms with van der Waals surface area (Å²) in [6.45, 7) is 0.385. The van der Waals surface area contributed by atoms with Gasteiger partial charge in [-0.3, -0.25) is 19.5 Å². The van der Waals surface area contributed by atoms with Gasteiger partial charge in [0, 0.05) is 23.6 Å². The number of hydrogen-bond acceptors (Lipinski definition) is 5. The van der Waals surface area contributed by atoms with E-state index in [0.29, 0.717) is 40.7 Å². The highest BCUT2D eigenvalue weighted by atomic mass is 16.6. The maximum Gasteiger partial charge on any atom is 0.336 e. The average Bonchev–Trinajstić information content (AvgIpc) is 3.50. The second-order valence-corrected chi connectivity index (χ2v) is 8.33. The lowest BCUT2D eigenvalue weighted by molar-refractivity contribution is -0.383. The predicted octanol–water partition coefficient (Wildman–Crippen LogP) is 3.55. The van der Waals surface area contributed by atoms with Crippen molar-refractivity contribution < 1.29 is 14.8 Å². The van der Waals surface area contributed by atoms with Gasteiger partial charge in [-0.1, -0.05) is 36.4 Å². The molecule has 1 aromatic heterocycles. The van der Waals surface area contributed by atoms with Crippen LogP contribution in [-0.4, -0.2) is 36.5 Å². The summed E-state index contributed by atoms with van der Waals surface area (Å²) < 4.78 is 2.75. The molecule has 2 aliphatic heterocycles. The van der Waals surface area contributed by atoms with Crippen LogP contribution in [0, 0.1) is 10.1 Å². The molecular formula is C24H18N4O5. The van der Waals surface area contributed by atoms with Crippen molar-refractivity contribution in [2.45, 2.75) is 18.5 Å². The molecule has 9 nitrogen and oxygen atoms in total. The minimum Gasteiger partial charge on any atom is -0.493 e. The molecule has 9 heteroatoms. The third kappa shape index (κ3) is 2.59. The first-order valence-corrected chi connectivity index (χ1v) is 10.6. The average molecular weight is 442 g/mol. The first kappa shape index (κ1) is 19.3. The fourth-order valence-corrected chi connectivity index (χ4v) is 5.26. The van der Waals surface area contributed by atoms with Gasteiger partial charge < -0.3 is 10.0 Å². The van der Waals surface area contributed by atoms with Gasteiger partial charge in [0.15, 0.2) is 0 Å². The van der Waals surface area contributed by atoms with Gasteiger partial charge >= 0.3 is 5.69 Å². The third-order valence-corrected chi connectivity index (χ3v) is 6.65. The minimum atomic E-state index is -0.470. The molecule has 164 valence electrons. The normalized spacial score (nSPS) is 18.6. The first-order chi connectivity index (χ1) is 16.0. The van der Waals surface area contributed by atoms with E-state index in [-0.39, 0.29) is 23.5 Å². The van der Waals surface area contributed by atoms with E-state index in [2.05, 4.69) is 0 Å².